The Morgan fingerprint density at radius 2 is 1.10 bits per heavy atom. The van der Waals surface area contributed by atoms with Crippen molar-refractivity contribution in [3.05, 3.63) is 76.9 Å². The summed E-state index contributed by atoms with van der Waals surface area (Å²) < 4.78 is 6.08. The highest BCUT2D eigenvalue weighted by atomic mass is 32.2. The van der Waals surface area contributed by atoms with Gasteiger partial charge in [0.15, 0.2) is 0 Å². The monoisotopic (exact) mass is 778 g/mol. The van der Waals surface area contributed by atoms with Crippen LogP contribution >= 0.6 is 68.9 Å². The average molecular weight is 779 g/mol. The highest BCUT2D eigenvalue weighted by Crippen LogP contribution is 2.70. The molecular formula is C45H46S6. The molecule has 6 heterocycles. The fourth-order valence-corrected chi connectivity index (χ4v) is 17.0. The third-order valence-corrected chi connectivity index (χ3v) is 20.1. The van der Waals surface area contributed by atoms with Crippen molar-refractivity contribution in [2.75, 3.05) is 0 Å². The molecule has 0 saturated heterocycles. The van der Waals surface area contributed by atoms with E-state index < -0.39 is 0 Å². The first-order valence-electron chi connectivity index (χ1n) is 18.6. The van der Waals surface area contributed by atoms with Crippen LogP contribution in [0.4, 0.5) is 0 Å². The molecule has 51 heavy (non-hydrogen) atoms. The molecule has 262 valence electrons. The molecule has 10 rings (SSSR count). The molecule has 0 amide bonds. The Labute approximate surface area is 326 Å². The lowest BCUT2D eigenvalue weighted by Crippen LogP contribution is -2.25. The number of rotatable bonds is 2. The smallest absolute Gasteiger partial charge is 0.0438 e. The van der Waals surface area contributed by atoms with Gasteiger partial charge < -0.3 is 0 Å². The van der Waals surface area contributed by atoms with Crippen LogP contribution in [0, 0.1) is 31.1 Å². The predicted octanol–water partition coefficient (Wildman–Crippen LogP) is 16.9. The Morgan fingerprint density at radius 3 is 1.67 bits per heavy atom. The molecule has 0 bridgehead atoms. The topological polar surface area (TPSA) is 0 Å². The molecule has 3 aliphatic rings. The van der Waals surface area contributed by atoms with Crippen molar-refractivity contribution >= 4 is 131 Å². The molecule has 0 fully saturated rings. The molecule has 7 aromatic rings. The molecule has 0 saturated carbocycles. The van der Waals surface area contributed by atoms with Gasteiger partial charge in [0.1, 0.15) is 0 Å². The van der Waals surface area contributed by atoms with Crippen LogP contribution in [0.3, 0.4) is 0 Å². The number of fused-ring (bicyclic) bond motifs is 21. The van der Waals surface area contributed by atoms with E-state index in [1.165, 1.54) is 59.9 Å². The van der Waals surface area contributed by atoms with Crippen molar-refractivity contribution in [3.63, 3.8) is 0 Å². The van der Waals surface area contributed by atoms with Gasteiger partial charge in [-0.3, -0.25) is 0 Å². The molecule has 1 aliphatic carbocycles. The van der Waals surface area contributed by atoms with Gasteiger partial charge in [0.2, 0.25) is 0 Å². The summed E-state index contributed by atoms with van der Waals surface area (Å²) in [4.78, 5) is 9.02. The minimum Gasteiger partial charge on any atom is -0.140 e. The lowest BCUT2D eigenvalue weighted by molar-refractivity contribution is 0.437. The number of benzene rings is 3. The van der Waals surface area contributed by atoms with Crippen LogP contribution in [0.15, 0.2) is 46.2 Å². The summed E-state index contributed by atoms with van der Waals surface area (Å²) in [6, 6.07) is 10.2. The Kier molecular flexibility index (Phi) is 7.37. The summed E-state index contributed by atoms with van der Waals surface area (Å²) in [7, 11) is 0. The number of thioether (sulfide) groups is 2. The lowest BCUT2D eigenvalue weighted by atomic mass is 9.71. The van der Waals surface area contributed by atoms with Crippen LogP contribution in [0.1, 0.15) is 116 Å². The van der Waals surface area contributed by atoms with Gasteiger partial charge in [0.25, 0.3) is 0 Å². The van der Waals surface area contributed by atoms with Crippen LogP contribution in [-0.4, -0.2) is 0 Å². The number of hydrogen-bond acceptors (Lipinski definition) is 6. The van der Waals surface area contributed by atoms with Gasteiger partial charge in [0, 0.05) is 104 Å². The largest absolute Gasteiger partial charge is 0.140 e. The van der Waals surface area contributed by atoms with Crippen molar-refractivity contribution in [2.24, 2.45) is 17.3 Å². The minimum absolute atomic E-state index is 0.0902. The number of aryl methyl sites for hydroxylation is 2. The fraction of sp³-hybridized carbons (Fsp3) is 0.422. The van der Waals surface area contributed by atoms with Crippen molar-refractivity contribution in [1.29, 1.82) is 0 Å². The Bertz CT molecular complexity index is 2720. The normalized spacial score (nSPS) is 22.4. The van der Waals surface area contributed by atoms with Crippen LogP contribution < -0.4 is 0 Å². The summed E-state index contributed by atoms with van der Waals surface area (Å²) in [6.07, 6.45) is 6.58. The first-order valence-corrected chi connectivity index (χ1v) is 23.7. The van der Waals surface area contributed by atoms with Gasteiger partial charge in [-0.05, 0) is 82.2 Å². The average Bonchev–Trinajstić information content (AvgIpc) is 3.88. The first kappa shape index (κ1) is 33.7. The Morgan fingerprint density at radius 1 is 0.588 bits per heavy atom. The third kappa shape index (κ3) is 4.68. The van der Waals surface area contributed by atoms with Crippen molar-refractivity contribution < 1.29 is 0 Å². The zero-order valence-electron chi connectivity index (χ0n) is 31.5. The quantitative estimate of drug-likeness (QED) is 0.160. The summed E-state index contributed by atoms with van der Waals surface area (Å²) in [5, 5.41) is 13.0. The summed E-state index contributed by atoms with van der Waals surface area (Å²) in [5.41, 5.74) is 3.58. The molecule has 3 aromatic carbocycles. The summed E-state index contributed by atoms with van der Waals surface area (Å²) in [5.74, 6) is 1.53. The molecule has 4 aromatic heterocycles. The van der Waals surface area contributed by atoms with E-state index in [1.807, 2.05) is 22.7 Å². The standard InChI is InChI=1S/C45H46S6/c1-12-22-15-25-27-17-30(44(6,7)8)50-42(27)36-34(40(25)48-22)32-33(39-24(14-21(5)47-39)23-13-20(4)46-38(23)32)35-37(36)43-28(18-31(51-43)45(9,10)11)26-16-29(19(2)3)49-41(26)35/h13-19,25,27,40,42H,12H2,1-11H3. The first-order chi connectivity index (χ1) is 24.1. The lowest BCUT2D eigenvalue weighted by Gasteiger charge is -2.39. The van der Waals surface area contributed by atoms with E-state index in [1.54, 1.807) is 42.5 Å². The van der Waals surface area contributed by atoms with Crippen molar-refractivity contribution in [2.45, 2.75) is 104 Å². The van der Waals surface area contributed by atoms with Gasteiger partial charge in [0.05, 0.1) is 0 Å². The van der Waals surface area contributed by atoms with Crippen molar-refractivity contribution in [3.8, 4) is 0 Å². The van der Waals surface area contributed by atoms with Crippen LogP contribution in [0.25, 0.3) is 61.9 Å². The zero-order valence-corrected chi connectivity index (χ0v) is 36.4. The fourth-order valence-electron chi connectivity index (χ4n) is 9.19. The molecule has 0 spiro atoms. The van der Waals surface area contributed by atoms with E-state index in [0.717, 1.165) is 6.42 Å². The third-order valence-electron chi connectivity index (χ3n) is 11.6. The molecule has 6 heteroatoms. The van der Waals surface area contributed by atoms with E-state index in [9.17, 15) is 0 Å². The predicted molar refractivity (Wildman–Crippen MR) is 239 cm³/mol. The van der Waals surface area contributed by atoms with E-state index >= 15 is 0 Å². The van der Waals surface area contributed by atoms with Crippen molar-refractivity contribution in [1.82, 2.24) is 0 Å². The van der Waals surface area contributed by atoms with E-state index in [-0.39, 0.29) is 10.8 Å². The summed E-state index contributed by atoms with van der Waals surface area (Å²) in [6.45, 7) is 26.3. The second kappa shape index (κ2) is 11.1. The van der Waals surface area contributed by atoms with Gasteiger partial charge in [-0.2, -0.15) is 0 Å². The van der Waals surface area contributed by atoms with E-state index in [0.29, 0.717) is 28.3 Å². The number of thiophene rings is 4. The maximum Gasteiger partial charge on any atom is 0.0438 e. The number of allylic oxidation sites excluding steroid dienone is 4. The molecule has 2 aliphatic heterocycles. The van der Waals surface area contributed by atoms with Gasteiger partial charge in [-0.25, -0.2) is 0 Å². The highest BCUT2D eigenvalue weighted by molar-refractivity contribution is 8.04. The zero-order chi connectivity index (χ0) is 35.6. The Hall–Kier alpha value is -1.80. The molecule has 0 nitrogen and oxygen atoms in total. The SMILES string of the molecule is CCC1=CC2C(S1)c1c(c3c4sc(C(C)(C)C)cc4c4cc(C(C)C)sc4c3c3c4sc(C)cc4c4cc(C)sc4c13)C1SC(C(C)(C)C)=CC12. The number of hydrogen-bond donors (Lipinski definition) is 0. The Balaban J connectivity index is 1.52. The minimum atomic E-state index is 0.0902. The summed E-state index contributed by atoms with van der Waals surface area (Å²) >= 11 is 12.7. The van der Waals surface area contributed by atoms with Crippen LogP contribution in [-0.2, 0) is 5.41 Å². The molecule has 4 unspecified atom stereocenters. The van der Waals surface area contributed by atoms with Gasteiger partial charge in [-0.1, -0.05) is 74.5 Å². The van der Waals surface area contributed by atoms with Gasteiger partial charge in [-0.15, -0.1) is 68.9 Å². The maximum atomic E-state index is 2.74. The maximum absolute atomic E-state index is 2.74. The second-order valence-corrected chi connectivity index (χ2v) is 24.8. The van der Waals surface area contributed by atoms with Crippen LogP contribution in [0.2, 0.25) is 0 Å². The van der Waals surface area contributed by atoms with Gasteiger partial charge >= 0.3 is 0 Å². The second-order valence-electron chi connectivity index (χ2n) is 17.7. The van der Waals surface area contributed by atoms with Crippen LogP contribution in [0.5, 0.6) is 0 Å². The van der Waals surface area contributed by atoms with E-state index in [2.05, 4.69) is 159 Å². The highest BCUT2D eigenvalue weighted by Gasteiger charge is 2.50. The molecular weight excluding hydrogens is 733 g/mol. The molecule has 0 N–H and O–H groups in total. The van der Waals surface area contributed by atoms with E-state index in [4.69, 9.17) is 0 Å². The molecule has 4 atom stereocenters. The molecule has 0 radical (unpaired) electrons.